The van der Waals surface area contributed by atoms with Gasteiger partial charge in [0.2, 0.25) is 0 Å². The van der Waals surface area contributed by atoms with Crippen LogP contribution in [0.2, 0.25) is 0 Å². The van der Waals surface area contributed by atoms with Crippen LogP contribution in [0.25, 0.3) is 10.6 Å². The summed E-state index contributed by atoms with van der Waals surface area (Å²) in [6.07, 6.45) is 0. The normalized spacial score (nSPS) is 11.8. The summed E-state index contributed by atoms with van der Waals surface area (Å²) in [6, 6.07) is 11.5. The van der Waals surface area contributed by atoms with Gasteiger partial charge in [-0.15, -0.1) is 11.3 Å². The predicted molar refractivity (Wildman–Crippen MR) is 103 cm³/mol. The molecule has 134 valence electrons. The van der Waals surface area contributed by atoms with E-state index in [1.165, 1.54) is 11.3 Å². The van der Waals surface area contributed by atoms with Gasteiger partial charge in [0, 0.05) is 23.4 Å². The molecular weight excluding hydrogens is 368 g/mol. The van der Waals surface area contributed by atoms with Gasteiger partial charge in [0.1, 0.15) is 5.01 Å². The number of carbonyl (C=O) groups excluding carboxylic acids is 2. The fourth-order valence-corrected chi connectivity index (χ4v) is 3.86. The van der Waals surface area contributed by atoms with Crippen LogP contribution in [0.15, 0.2) is 52.5 Å². The molecule has 3 aromatic rings. The SMILES string of the molecule is CC(c1ccccc1)N(C)C(=O)COC(=O)c1csc(-c2ccsc2)n1. The Morgan fingerprint density at radius 1 is 1.19 bits per heavy atom. The van der Waals surface area contributed by atoms with Gasteiger partial charge in [0.25, 0.3) is 5.91 Å². The smallest absolute Gasteiger partial charge is 0.358 e. The lowest BCUT2D eigenvalue weighted by atomic mass is 10.1. The zero-order valence-electron chi connectivity index (χ0n) is 14.4. The van der Waals surface area contributed by atoms with Gasteiger partial charge in [0.15, 0.2) is 12.3 Å². The van der Waals surface area contributed by atoms with Gasteiger partial charge in [0.05, 0.1) is 6.04 Å². The van der Waals surface area contributed by atoms with E-state index in [1.807, 2.05) is 54.1 Å². The molecule has 7 heteroatoms. The van der Waals surface area contributed by atoms with E-state index in [2.05, 4.69) is 4.98 Å². The van der Waals surface area contributed by atoms with Crippen LogP contribution < -0.4 is 0 Å². The number of rotatable bonds is 6. The average molecular weight is 386 g/mol. The molecule has 2 heterocycles. The number of likely N-dealkylation sites (N-methyl/N-ethyl adjacent to an activating group) is 1. The lowest BCUT2D eigenvalue weighted by Crippen LogP contribution is -2.33. The maximum Gasteiger partial charge on any atom is 0.358 e. The zero-order chi connectivity index (χ0) is 18.5. The monoisotopic (exact) mass is 386 g/mol. The van der Waals surface area contributed by atoms with Gasteiger partial charge in [-0.3, -0.25) is 4.79 Å². The number of benzene rings is 1. The van der Waals surface area contributed by atoms with Gasteiger partial charge >= 0.3 is 5.97 Å². The second-order valence-corrected chi connectivity index (χ2v) is 7.36. The fourth-order valence-electron chi connectivity index (χ4n) is 2.36. The summed E-state index contributed by atoms with van der Waals surface area (Å²) in [4.78, 5) is 30.3. The van der Waals surface area contributed by atoms with E-state index in [4.69, 9.17) is 4.74 Å². The zero-order valence-corrected chi connectivity index (χ0v) is 16.0. The summed E-state index contributed by atoms with van der Waals surface area (Å²) in [5.41, 5.74) is 2.23. The first-order chi connectivity index (χ1) is 12.6. The molecular formula is C19H18N2O3S2. The molecule has 0 aliphatic rings. The van der Waals surface area contributed by atoms with E-state index < -0.39 is 5.97 Å². The van der Waals surface area contributed by atoms with Crippen molar-refractivity contribution in [1.29, 1.82) is 0 Å². The largest absolute Gasteiger partial charge is 0.451 e. The predicted octanol–water partition coefficient (Wildman–Crippen LogP) is 4.25. The number of carbonyl (C=O) groups is 2. The molecule has 3 rings (SSSR count). The molecule has 5 nitrogen and oxygen atoms in total. The van der Waals surface area contributed by atoms with Crippen LogP contribution in [0.3, 0.4) is 0 Å². The average Bonchev–Trinajstić information content (AvgIpc) is 3.36. The van der Waals surface area contributed by atoms with Crippen LogP contribution in [0, 0.1) is 0 Å². The Labute approximate surface area is 159 Å². The van der Waals surface area contributed by atoms with Crippen LogP contribution in [0.1, 0.15) is 29.0 Å². The standard InChI is InChI=1S/C19H18N2O3S2/c1-13(14-6-4-3-5-7-14)21(2)17(22)10-24-19(23)16-12-26-18(20-16)15-8-9-25-11-15/h3-9,11-13H,10H2,1-2H3. The van der Waals surface area contributed by atoms with E-state index in [9.17, 15) is 9.59 Å². The summed E-state index contributed by atoms with van der Waals surface area (Å²) in [5.74, 6) is -0.847. The molecule has 2 aromatic heterocycles. The number of hydrogen-bond acceptors (Lipinski definition) is 6. The van der Waals surface area contributed by atoms with Crippen LogP contribution in [-0.2, 0) is 9.53 Å². The van der Waals surface area contributed by atoms with Crippen molar-refractivity contribution in [2.75, 3.05) is 13.7 Å². The van der Waals surface area contributed by atoms with Gasteiger partial charge in [-0.25, -0.2) is 9.78 Å². The van der Waals surface area contributed by atoms with E-state index in [0.717, 1.165) is 16.1 Å². The van der Waals surface area contributed by atoms with Crippen molar-refractivity contribution < 1.29 is 14.3 Å². The minimum absolute atomic E-state index is 0.105. The minimum atomic E-state index is -0.586. The Morgan fingerprint density at radius 2 is 1.96 bits per heavy atom. The minimum Gasteiger partial charge on any atom is -0.451 e. The van der Waals surface area contributed by atoms with Crippen molar-refractivity contribution in [3.63, 3.8) is 0 Å². The highest BCUT2D eigenvalue weighted by atomic mass is 32.1. The quantitative estimate of drug-likeness (QED) is 0.594. The molecule has 0 fully saturated rings. The highest BCUT2D eigenvalue weighted by Gasteiger charge is 2.20. The van der Waals surface area contributed by atoms with Crippen molar-refractivity contribution in [2.45, 2.75) is 13.0 Å². The van der Waals surface area contributed by atoms with E-state index >= 15 is 0 Å². The maximum atomic E-state index is 12.3. The first kappa shape index (κ1) is 18.3. The lowest BCUT2D eigenvalue weighted by Gasteiger charge is -2.25. The molecule has 0 spiro atoms. The van der Waals surface area contributed by atoms with Crippen LogP contribution in [0.4, 0.5) is 0 Å². The lowest BCUT2D eigenvalue weighted by molar-refractivity contribution is -0.135. The number of thiazole rings is 1. The topological polar surface area (TPSA) is 59.5 Å². The summed E-state index contributed by atoms with van der Waals surface area (Å²) in [7, 11) is 1.70. The summed E-state index contributed by atoms with van der Waals surface area (Å²) in [6.45, 7) is 1.63. The highest BCUT2D eigenvalue weighted by Crippen LogP contribution is 2.26. The number of thiophene rings is 1. The third-order valence-electron chi connectivity index (χ3n) is 4.06. The Morgan fingerprint density at radius 3 is 2.65 bits per heavy atom. The third-order valence-corrected chi connectivity index (χ3v) is 5.64. The molecule has 26 heavy (non-hydrogen) atoms. The Kier molecular flexibility index (Phi) is 5.80. The highest BCUT2D eigenvalue weighted by molar-refractivity contribution is 7.14. The first-order valence-electron chi connectivity index (χ1n) is 8.02. The fraction of sp³-hybridized carbons (Fsp3) is 0.211. The number of hydrogen-bond donors (Lipinski definition) is 0. The molecule has 1 unspecified atom stereocenters. The van der Waals surface area contributed by atoms with Crippen molar-refractivity contribution in [1.82, 2.24) is 9.88 Å². The number of ether oxygens (including phenoxy) is 1. The molecule has 1 amide bonds. The molecule has 1 atom stereocenters. The molecule has 0 bridgehead atoms. The van der Waals surface area contributed by atoms with Gasteiger partial charge < -0.3 is 9.64 Å². The van der Waals surface area contributed by atoms with E-state index in [0.29, 0.717) is 0 Å². The van der Waals surface area contributed by atoms with Crippen molar-refractivity contribution in [2.24, 2.45) is 0 Å². The third kappa shape index (κ3) is 4.17. The molecule has 0 aliphatic carbocycles. The number of nitrogens with zero attached hydrogens (tertiary/aromatic N) is 2. The van der Waals surface area contributed by atoms with Crippen molar-refractivity contribution >= 4 is 34.6 Å². The van der Waals surface area contributed by atoms with Gasteiger partial charge in [-0.2, -0.15) is 11.3 Å². The number of aromatic nitrogens is 1. The van der Waals surface area contributed by atoms with Crippen LogP contribution in [0.5, 0.6) is 0 Å². The molecule has 0 radical (unpaired) electrons. The second kappa shape index (κ2) is 8.25. The van der Waals surface area contributed by atoms with Gasteiger partial charge in [-0.1, -0.05) is 30.3 Å². The van der Waals surface area contributed by atoms with Crippen molar-refractivity contribution in [3.8, 4) is 10.6 Å². The molecule has 0 aliphatic heterocycles. The Bertz CT molecular complexity index is 875. The molecule has 0 saturated heterocycles. The summed E-state index contributed by atoms with van der Waals surface area (Å²) >= 11 is 2.95. The number of amides is 1. The maximum absolute atomic E-state index is 12.3. The second-order valence-electron chi connectivity index (χ2n) is 5.72. The summed E-state index contributed by atoms with van der Waals surface area (Å²) < 4.78 is 5.14. The van der Waals surface area contributed by atoms with E-state index in [1.54, 1.807) is 28.7 Å². The number of esters is 1. The van der Waals surface area contributed by atoms with Crippen molar-refractivity contribution in [3.05, 3.63) is 63.8 Å². The van der Waals surface area contributed by atoms with Gasteiger partial charge in [-0.05, 0) is 23.9 Å². The first-order valence-corrected chi connectivity index (χ1v) is 9.84. The molecule has 0 N–H and O–H groups in total. The van der Waals surface area contributed by atoms with Crippen LogP contribution in [-0.4, -0.2) is 35.4 Å². The molecule has 0 saturated carbocycles. The molecule has 1 aromatic carbocycles. The van der Waals surface area contributed by atoms with Crippen LogP contribution >= 0.6 is 22.7 Å². The Balaban J connectivity index is 1.56. The Hall–Kier alpha value is -2.51. The summed E-state index contributed by atoms with van der Waals surface area (Å²) in [5, 5.41) is 6.34. The van der Waals surface area contributed by atoms with E-state index in [-0.39, 0.29) is 24.2 Å².